The number of rotatable bonds is 5. The normalized spacial score (nSPS) is 9.71. The summed E-state index contributed by atoms with van der Waals surface area (Å²) in [5.41, 5.74) is 3.01. The van der Waals surface area contributed by atoms with E-state index >= 15 is 0 Å². The fourth-order valence-electron chi connectivity index (χ4n) is 1.37. The standard InChI is InChI=1S/C13H15NO2S/c1-10-7-11(8-14)3-4-12(10)9-17-6-5-13(15)16-2/h3-4,7H,5-6,9H2,1-2H3. The van der Waals surface area contributed by atoms with Gasteiger partial charge in [-0.3, -0.25) is 4.79 Å². The molecule has 0 radical (unpaired) electrons. The molecule has 17 heavy (non-hydrogen) atoms. The van der Waals surface area contributed by atoms with Crippen molar-refractivity contribution in [2.75, 3.05) is 12.9 Å². The molecule has 90 valence electrons. The van der Waals surface area contributed by atoms with E-state index in [0.29, 0.717) is 12.0 Å². The Morgan fingerprint density at radius 2 is 2.29 bits per heavy atom. The van der Waals surface area contributed by atoms with Crippen LogP contribution in [0.5, 0.6) is 0 Å². The summed E-state index contributed by atoms with van der Waals surface area (Å²) in [4.78, 5) is 10.9. The van der Waals surface area contributed by atoms with Gasteiger partial charge in [0.2, 0.25) is 0 Å². The average molecular weight is 249 g/mol. The summed E-state index contributed by atoms with van der Waals surface area (Å²) >= 11 is 1.69. The van der Waals surface area contributed by atoms with Crippen LogP contribution in [0.15, 0.2) is 18.2 Å². The Bertz CT molecular complexity index is 438. The molecule has 0 atom stereocenters. The first-order chi connectivity index (χ1) is 8.17. The van der Waals surface area contributed by atoms with Crippen molar-refractivity contribution < 1.29 is 9.53 Å². The lowest BCUT2D eigenvalue weighted by Gasteiger charge is -2.05. The van der Waals surface area contributed by atoms with Crippen LogP contribution in [-0.4, -0.2) is 18.8 Å². The maximum absolute atomic E-state index is 10.9. The Labute approximate surface area is 106 Å². The number of thioether (sulfide) groups is 1. The smallest absolute Gasteiger partial charge is 0.306 e. The molecule has 1 aromatic carbocycles. The molecule has 1 aromatic rings. The summed E-state index contributed by atoms with van der Waals surface area (Å²) in [6, 6.07) is 7.80. The van der Waals surface area contributed by atoms with Gasteiger partial charge in [0, 0.05) is 11.5 Å². The highest BCUT2D eigenvalue weighted by atomic mass is 32.2. The predicted molar refractivity (Wildman–Crippen MR) is 68.7 cm³/mol. The molecular formula is C13H15NO2S. The van der Waals surface area contributed by atoms with Gasteiger partial charge in [0.25, 0.3) is 0 Å². The van der Waals surface area contributed by atoms with Gasteiger partial charge in [-0.1, -0.05) is 6.07 Å². The number of hydrogen-bond donors (Lipinski definition) is 0. The van der Waals surface area contributed by atoms with Crippen molar-refractivity contribution >= 4 is 17.7 Å². The molecule has 0 fully saturated rings. The SMILES string of the molecule is COC(=O)CCSCc1ccc(C#N)cc1C. The van der Waals surface area contributed by atoms with Gasteiger partial charge in [0.05, 0.1) is 25.2 Å². The van der Waals surface area contributed by atoms with E-state index in [0.717, 1.165) is 17.1 Å². The van der Waals surface area contributed by atoms with Crippen molar-refractivity contribution in [2.24, 2.45) is 0 Å². The Kier molecular flexibility index (Phi) is 5.58. The minimum absolute atomic E-state index is 0.172. The van der Waals surface area contributed by atoms with Gasteiger partial charge < -0.3 is 4.74 Å². The van der Waals surface area contributed by atoms with E-state index < -0.39 is 0 Å². The molecule has 0 amide bonds. The highest BCUT2D eigenvalue weighted by Gasteiger charge is 2.02. The van der Waals surface area contributed by atoms with Crippen LogP contribution < -0.4 is 0 Å². The van der Waals surface area contributed by atoms with Crippen LogP contribution in [0.2, 0.25) is 0 Å². The summed E-state index contributed by atoms with van der Waals surface area (Å²) in [5.74, 6) is 1.44. The summed E-state index contributed by atoms with van der Waals surface area (Å²) in [7, 11) is 1.40. The Morgan fingerprint density at radius 3 is 2.88 bits per heavy atom. The van der Waals surface area contributed by atoms with E-state index in [2.05, 4.69) is 10.8 Å². The molecule has 3 nitrogen and oxygen atoms in total. The lowest BCUT2D eigenvalue weighted by Crippen LogP contribution is -2.01. The third kappa shape index (κ3) is 4.49. The summed E-state index contributed by atoms with van der Waals surface area (Å²) in [5, 5.41) is 8.75. The zero-order valence-corrected chi connectivity index (χ0v) is 10.8. The molecule has 0 bridgehead atoms. The maximum atomic E-state index is 10.9. The van der Waals surface area contributed by atoms with E-state index in [1.54, 1.807) is 11.8 Å². The van der Waals surface area contributed by atoms with Crippen molar-refractivity contribution in [3.63, 3.8) is 0 Å². The monoisotopic (exact) mass is 249 g/mol. The number of nitriles is 1. The lowest BCUT2D eigenvalue weighted by atomic mass is 10.1. The quantitative estimate of drug-likeness (QED) is 0.594. The van der Waals surface area contributed by atoms with Gasteiger partial charge in [0.1, 0.15) is 0 Å². The lowest BCUT2D eigenvalue weighted by molar-refractivity contribution is -0.140. The second-order valence-corrected chi connectivity index (χ2v) is 4.74. The van der Waals surface area contributed by atoms with Crippen LogP contribution >= 0.6 is 11.8 Å². The molecule has 0 aliphatic heterocycles. The van der Waals surface area contributed by atoms with E-state index in [4.69, 9.17) is 5.26 Å². The molecule has 0 N–H and O–H groups in total. The fourth-order valence-corrected chi connectivity index (χ4v) is 2.37. The van der Waals surface area contributed by atoms with Crippen molar-refractivity contribution in [1.82, 2.24) is 0 Å². The van der Waals surface area contributed by atoms with E-state index in [9.17, 15) is 4.79 Å². The number of benzene rings is 1. The third-order valence-electron chi connectivity index (χ3n) is 2.41. The first-order valence-corrected chi connectivity index (χ1v) is 6.47. The fraction of sp³-hybridized carbons (Fsp3) is 0.385. The second kappa shape index (κ2) is 6.97. The minimum atomic E-state index is -0.172. The minimum Gasteiger partial charge on any atom is -0.469 e. The zero-order chi connectivity index (χ0) is 12.7. The van der Waals surface area contributed by atoms with Crippen LogP contribution in [-0.2, 0) is 15.3 Å². The highest BCUT2D eigenvalue weighted by Crippen LogP contribution is 2.18. The topological polar surface area (TPSA) is 50.1 Å². The second-order valence-electron chi connectivity index (χ2n) is 3.63. The number of aryl methyl sites for hydroxylation is 1. The van der Waals surface area contributed by atoms with Gasteiger partial charge in [-0.15, -0.1) is 0 Å². The molecule has 0 saturated heterocycles. The number of esters is 1. The maximum Gasteiger partial charge on any atom is 0.306 e. The van der Waals surface area contributed by atoms with Crippen LogP contribution in [0.3, 0.4) is 0 Å². The molecule has 0 aliphatic rings. The van der Waals surface area contributed by atoms with Gasteiger partial charge >= 0.3 is 5.97 Å². The molecule has 4 heteroatoms. The first kappa shape index (κ1) is 13.6. The van der Waals surface area contributed by atoms with Crippen molar-refractivity contribution in [1.29, 1.82) is 5.26 Å². The zero-order valence-electron chi connectivity index (χ0n) is 10.0. The Morgan fingerprint density at radius 1 is 1.53 bits per heavy atom. The summed E-state index contributed by atoms with van der Waals surface area (Å²) in [6.45, 7) is 2.00. The molecule has 0 aromatic heterocycles. The Balaban J connectivity index is 2.42. The molecule has 0 saturated carbocycles. The largest absolute Gasteiger partial charge is 0.469 e. The van der Waals surface area contributed by atoms with E-state index in [1.165, 1.54) is 12.7 Å². The highest BCUT2D eigenvalue weighted by molar-refractivity contribution is 7.98. The molecule has 1 rings (SSSR count). The number of ether oxygens (including phenoxy) is 1. The van der Waals surface area contributed by atoms with E-state index in [1.807, 2.05) is 25.1 Å². The van der Waals surface area contributed by atoms with Gasteiger partial charge in [-0.2, -0.15) is 17.0 Å². The third-order valence-corrected chi connectivity index (χ3v) is 3.42. The summed E-state index contributed by atoms with van der Waals surface area (Å²) in [6.07, 6.45) is 0.441. The van der Waals surface area contributed by atoms with Crippen LogP contribution in [0.4, 0.5) is 0 Å². The molecule has 0 heterocycles. The number of hydrogen-bond acceptors (Lipinski definition) is 4. The van der Waals surface area contributed by atoms with Crippen molar-refractivity contribution in [2.45, 2.75) is 19.1 Å². The molecule has 0 aliphatic carbocycles. The van der Waals surface area contributed by atoms with E-state index in [-0.39, 0.29) is 5.97 Å². The number of carbonyl (C=O) groups is 1. The van der Waals surface area contributed by atoms with Gasteiger partial charge in [-0.25, -0.2) is 0 Å². The van der Waals surface area contributed by atoms with Gasteiger partial charge in [0.15, 0.2) is 0 Å². The molecular weight excluding hydrogens is 234 g/mol. The summed E-state index contributed by atoms with van der Waals surface area (Å²) < 4.78 is 4.57. The molecule has 0 unspecified atom stereocenters. The number of nitrogens with zero attached hydrogens (tertiary/aromatic N) is 1. The van der Waals surface area contributed by atoms with Crippen molar-refractivity contribution in [3.05, 3.63) is 34.9 Å². The predicted octanol–water partition coefficient (Wildman–Crippen LogP) is 2.66. The van der Waals surface area contributed by atoms with Crippen molar-refractivity contribution in [3.8, 4) is 6.07 Å². The first-order valence-electron chi connectivity index (χ1n) is 5.31. The van der Waals surface area contributed by atoms with Crippen LogP contribution in [0.1, 0.15) is 23.1 Å². The van der Waals surface area contributed by atoms with Gasteiger partial charge in [-0.05, 0) is 30.2 Å². The van der Waals surface area contributed by atoms with Crippen LogP contribution in [0, 0.1) is 18.3 Å². The van der Waals surface area contributed by atoms with Crippen LogP contribution in [0.25, 0.3) is 0 Å². The Hall–Kier alpha value is -1.47. The number of methoxy groups -OCH3 is 1. The molecule has 0 spiro atoms. The number of carbonyl (C=O) groups excluding carboxylic acids is 1. The average Bonchev–Trinajstić information content (AvgIpc) is 2.35.